The van der Waals surface area contributed by atoms with Crippen LogP contribution < -0.4 is 4.90 Å². The van der Waals surface area contributed by atoms with Gasteiger partial charge in [0.2, 0.25) is 14.9 Å². The zero-order valence-electron chi connectivity index (χ0n) is 16.2. The molecule has 7 nitrogen and oxygen atoms in total. The summed E-state index contributed by atoms with van der Waals surface area (Å²) >= 11 is 1.59. The van der Waals surface area contributed by atoms with Crippen molar-refractivity contribution >= 4 is 42.9 Å². The van der Waals surface area contributed by atoms with Gasteiger partial charge >= 0.3 is 0 Å². The Kier molecular flexibility index (Phi) is 4.32. The molecule has 0 aliphatic carbocycles. The Morgan fingerprint density at radius 1 is 1.07 bits per heavy atom. The first kappa shape index (κ1) is 18.5. The molecule has 4 heterocycles. The largest absolute Gasteiger partial charge is 0.355 e. The first-order chi connectivity index (χ1) is 14.0. The maximum Gasteiger partial charge on any atom is 0.229 e. The fraction of sp³-hybridized carbons (Fsp3) is 0.350. The summed E-state index contributed by atoms with van der Waals surface area (Å²) < 4.78 is 29.2. The zero-order valence-corrected chi connectivity index (χ0v) is 17.9. The first-order valence-corrected chi connectivity index (χ1v) is 12.1. The Labute approximate surface area is 172 Å². The molecule has 1 aliphatic heterocycles. The minimum atomic E-state index is -3.83. The summed E-state index contributed by atoms with van der Waals surface area (Å²) in [6.07, 6.45) is 2.23. The van der Waals surface area contributed by atoms with E-state index in [0.717, 1.165) is 47.5 Å². The van der Waals surface area contributed by atoms with Crippen LogP contribution in [0.25, 0.3) is 15.9 Å². The van der Waals surface area contributed by atoms with Crippen molar-refractivity contribution in [1.29, 1.82) is 0 Å². The standard InChI is InChI=1S/C20H21N5O2S2/c1-13(2)14-5-7-15(8-6-14)29(26,27)20-19-21-18(24-10-3-4-11-24)17-16(9-12-28-17)25(19)23-22-20/h5-9,12-13H,3-4,10-11H2,1-2H3. The molecule has 0 atom stereocenters. The van der Waals surface area contributed by atoms with Crippen LogP contribution in [0.1, 0.15) is 38.2 Å². The van der Waals surface area contributed by atoms with E-state index in [4.69, 9.17) is 4.98 Å². The van der Waals surface area contributed by atoms with Gasteiger partial charge in [0.05, 0.1) is 15.1 Å². The van der Waals surface area contributed by atoms with Gasteiger partial charge in [-0.2, -0.15) is 4.52 Å². The minimum Gasteiger partial charge on any atom is -0.355 e. The molecule has 0 N–H and O–H groups in total. The van der Waals surface area contributed by atoms with Crippen molar-refractivity contribution in [2.24, 2.45) is 0 Å². The highest BCUT2D eigenvalue weighted by molar-refractivity contribution is 7.91. The van der Waals surface area contributed by atoms with Crippen LogP contribution in [0, 0.1) is 0 Å². The lowest BCUT2D eigenvalue weighted by atomic mass is 10.0. The lowest BCUT2D eigenvalue weighted by Crippen LogP contribution is -2.19. The van der Waals surface area contributed by atoms with Gasteiger partial charge in [0.1, 0.15) is 0 Å². The van der Waals surface area contributed by atoms with Crippen LogP contribution in [0.15, 0.2) is 45.6 Å². The second-order valence-corrected chi connectivity index (χ2v) is 10.4. The Balaban J connectivity index is 1.70. The number of hydrogen-bond acceptors (Lipinski definition) is 7. The monoisotopic (exact) mass is 427 g/mol. The van der Waals surface area contributed by atoms with E-state index >= 15 is 0 Å². The van der Waals surface area contributed by atoms with E-state index in [2.05, 4.69) is 29.1 Å². The van der Waals surface area contributed by atoms with E-state index in [0.29, 0.717) is 5.92 Å². The molecule has 29 heavy (non-hydrogen) atoms. The smallest absolute Gasteiger partial charge is 0.229 e. The van der Waals surface area contributed by atoms with Gasteiger partial charge in [0.25, 0.3) is 0 Å². The van der Waals surface area contributed by atoms with Crippen molar-refractivity contribution in [3.05, 3.63) is 41.3 Å². The average Bonchev–Trinajstić information content (AvgIpc) is 3.46. The van der Waals surface area contributed by atoms with E-state index in [-0.39, 0.29) is 15.6 Å². The van der Waals surface area contributed by atoms with Gasteiger partial charge in [-0.3, -0.25) is 0 Å². The summed E-state index contributed by atoms with van der Waals surface area (Å²) in [6, 6.07) is 8.92. The molecule has 0 bridgehead atoms. The zero-order chi connectivity index (χ0) is 20.2. The lowest BCUT2D eigenvalue weighted by Gasteiger charge is -2.17. The Bertz CT molecular complexity index is 1300. The molecule has 1 aliphatic rings. The predicted octanol–water partition coefficient (Wildman–Crippen LogP) is 3.90. The molecule has 0 amide bonds. The molecule has 0 spiro atoms. The lowest BCUT2D eigenvalue weighted by molar-refractivity contribution is 0.592. The second kappa shape index (κ2) is 6.77. The van der Waals surface area contributed by atoms with E-state index in [1.165, 1.54) is 0 Å². The van der Waals surface area contributed by atoms with Crippen LogP contribution in [0.2, 0.25) is 0 Å². The Morgan fingerprint density at radius 3 is 2.48 bits per heavy atom. The number of thiophene rings is 1. The van der Waals surface area contributed by atoms with Crippen LogP contribution >= 0.6 is 11.3 Å². The molecule has 1 saturated heterocycles. The number of fused-ring (bicyclic) bond motifs is 3. The maximum absolute atomic E-state index is 13.3. The molecule has 0 unspecified atom stereocenters. The summed E-state index contributed by atoms with van der Waals surface area (Å²) in [5.41, 5.74) is 2.21. The number of hydrogen-bond donors (Lipinski definition) is 0. The van der Waals surface area contributed by atoms with Crippen LogP contribution in [0.4, 0.5) is 5.82 Å². The van der Waals surface area contributed by atoms with E-state index in [1.54, 1.807) is 28.0 Å². The van der Waals surface area contributed by atoms with Crippen molar-refractivity contribution in [2.45, 2.75) is 42.5 Å². The van der Waals surface area contributed by atoms with Crippen LogP contribution in [0.3, 0.4) is 0 Å². The summed E-state index contributed by atoms with van der Waals surface area (Å²) in [4.78, 5) is 7.18. The predicted molar refractivity (Wildman–Crippen MR) is 114 cm³/mol. The second-order valence-electron chi connectivity index (χ2n) is 7.62. The number of anilines is 1. The number of rotatable bonds is 4. The third-order valence-electron chi connectivity index (χ3n) is 5.42. The average molecular weight is 428 g/mol. The number of benzene rings is 1. The van der Waals surface area contributed by atoms with Gasteiger partial charge in [0.15, 0.2) is 11.5 Å². The molecule has 0 saturated carbocycles. The van der Waals surface area contributed by atoms with Gasteiger partial charge < -0.3 is 4.90 Å². The van der Waals surface area contributed by atoms with Crippen LogP contribution in [0.5, 0.6) is 0 Å². The van der Waals surface area contributed by atoms with Crippen LogP contribution in [-0.2, 0) is 9.84 Å². The summed E-state index contributed by atoms with van der Waals surface area (Å²) in [7, 11) is -3.83. The van der Waals surface area contributed by atoms with Gasteiger partial charge in [-0.05, 0) is 47.9 Å². The van der Waals surface area contributed by atoms with Gasteiger partial charge in [0, 0.05) is 13.1 Å². The van der Waals surface area contributed by atoms with Gasteiger partial charge in [-0.15, -0.1) is 16.4 Å². The third-order valence-corrected chi connectivity index (χ3v) is 7.99. The van der Waals surface area contributed by atoms with Crippen molar-refractivity contribution in [3.63, 3.8) is 0 Å². The summed E-state index contributed by atoms with van der Waals surface area (Å²) in [5, 5.41) is 10.1. The van der Waals surface area contributed by atoms with Crippen molar-refractivity contribution in [2.75, 3.05) is 18.0 Å². The summed E-state index contributed by atoms with van der Waals surface area (Å²) in [6.45, 7) is 6.01. The molecular formula is C20H21N5O2S2. The molecule has 5 rings (SSSR count). The quantitative estimate of drug-likeness (QED) is 0.491. The van der Waals surface area contributed by atoms with E-state index < -0.39 is 9.84 Å². The van der Waals surface area contributed by atoms with Crippen molar-refractivity contribution in [3.8, 4) is 0 Å². The fourth-order valence-electron chi connectivity index (χ4n) is 3.77. The normalized spacial score (nSPS) is 15.2. The molecule has 150 valence electrons. The Morgan fingerprint density at radius 2 is 1.79 bits per heavy atom. The Hall–Kier alpha value is -2.52. The number of sulfone groups is 1. The van der Waals surface area contributed by atoms with Crippen LogP contribution in [-0.4, -0.2) is 41.3 Å². The SMILES string of the molecule is CC(C)c1ccc(S(=O)(=O)c2nnn3c2nc(N2CCCC2)c2sccc23)cc1. The van der Waals surface area contributed by atoms with Crippen molar-refractivity contribution < 1.29 is 8.42 Å². The number of nitrogens with zero attached hydrogens (tertiary/aromatic N) is 5. The third kappa shape index (κ3) is 2.91. The molecule has 1 fully saturated rings. The molecule has 9 heteroatoms. The van der Waals surface area contributed by atoms with Crippen molar-refractivity contribution in [1.82, 2.24) is 19.8 Å². The fourth-order valence-corrected chi connectivity index (χ4v) is 5.89. The molecule has 4 aromatic rings. The molecular weight excluding hydrogens is 406 g/mol. The van der Waals surface area contributed by atoms with E-state index in [1.807, 2.05) is 23.6 Å². The highest BCUT2D eigenvalue weighted by atomic mass is 32.2. The maximum atomic E-state index is 13.3. The topological polar surface area (TPSA) is 80.5 Å². The molecule has 1 aromatic carbocycles. The molecule has 0 radical (unpaired) electrons. The highest BCUT2D eigenvalue weighted by Gasteiger charge is 2.28. The highest BCUT2D eigenvalue weighted by Crippen LogP contribution is 2.34. The minimum absolute atomic E-state index is 0.0941. The number of aromatic nitrogens is 4. The summed E-state index contributed by atoms with van der Waals surface area (Å²) in [5.74, 6) is 1.16. The van der Waals surface area contributed by atoms with Gasteiger partial charge in [-0.1, -0.05) is 31.2 Å². The molecule has 3 aromatic heterocycles. The van der Waals surface area contributed by atoms with E-state index in [9.17, 15) is 8.42 Å². The first-order valence-electron chi connectivity index (χ1n) is 9.69. The van der Waals surface area contributed by atoms with Gasteiger partial charge in [-0.25, -0.2) is 13.4 Å².